The van der Waals surface area contributed by atoms with Crippen molar-refractivity contribution in [1.82, 2.24) is 5.32 Å². The number of amides is 1. The van der Waals surface area contributed by atoms with Crippen LogP contribution in [0.1, 0.15) is 11.1 Å². The van der Waals surface area contributed by atoms with Crippen LogP contribution in [0.2, 0.25) is 0 Å². The molecule has 7 heteroatoms. The average Bonchev–Trinajstić information content (AvgIpc) is 2.72. The van der Waals surface area contributed by atoms with Gasteiger partial charge in [0.05, 0.1) is 27.8 Å². The van der Waals surface area contributed by atoms with Crippen molar-refractivity contribution < 1.29 is 28.5 Å². The first kappa shape index (κ1) is 21.1. The molecular weight excluding hydrogens is 362 g/mol. The molecule has 2 aromatic carbocycles. The number of carbonyl (C=O) groups is 2. The number of hydrogen-bond donors (Lipinski definition) is 1. The molecule has 28 heavy (non-hydrogen) atoms. The van der Waals surface area contributed by atoms with Crippen LogP contribution in [0.3, 0.4) is 0 Å². The van der Waals surface area contributed by atoms with E-state index in [-0.39, 0.29) is 18.9 Å². The molecule has 0 radical (unpaired) electrons. The van der Waals surface area contributed by atoms with Crippen molar-refractivity contribution in [1.29, 1.82) is 0 Å². The molecule has 0 fully saturated rings. The number of nitrogens with one attached hydrogen (secondary N) is 1. The van der Waals surface area contributed by atoms with Crippen molar-refractivity contribution in [2.45, 2.75) is 12.8 Å². The molecule has 0 unspecified atom stereocenters. The zero-order chi connectivity index (χ0) is 20.4. The molecule has 7 nitrogen and oxygen atoms in total. The van der Waals surface area contributed by atoms with E-state index < -0.39 is 5.97 Å². The van der Waals surface area contributed by atoms with Crippen molar-refractivity contribution in [3.05, 3.63) is 53.6 Å². The van der Waals surface area contributed by atoms with Crippen LogP contribution in [0.25, 0.3) is 0 Å². The van der Waals surface area contributed by atoms with Crippen molar-refractivity contribution in [2.24, 2.45) is 0 Å². The topological polar surface area (TPSA) is 83.1 Å². The number of esters is 1. The number of methoxy groups -OCH3 is 3. The molecule has 0 bridgehead atoms. The summed E-state index contributed by atoms with van der Waals surface area (Å²) in [5, 5.41) is 2.73. The normalized spacial score (nSPS) is 10.1. The molecule has 1 N–H and O–H groups in total. The molecule has 150 valence electrons. The molecule has 0 spiro atoms. The monoisotopic (exact) mass is 387 g/mol. The van der Waals surface area contributed by atoms with E-state index in [0.717, 1.165) is 11.1 Å². The quantitative estimate of drug-likeness (QED) is 0.629. The van der Waals surface area contributed by atoms with Crippen LogP contribution in [0, 0.1) is 0 Å². The maximum atomic E-state index is 11.8. The van der Waals surface area contributed by atoms with Gasteiger partial charge in [0.1, 0.15) is 5.75 Å². The van der Waals surface area contributed by atoms with Crippen molar-refractivity contribution in [2.75, 3.05) is 34.5 Å². The van der Waals surface area contributed by atoms with Gasteiger partial charge in [0.15, 0.2) is 18.1 Å². The highest BCUT2D eigenvalue weighted by Gasteiger charge is 2.09. The fourth-order valence-corrected chi connectivity index (χ4v) is 2.54. The minimum Gasteiger partial charge on any atom is -0.497 e. The van der Waals surface area contributed by atoms with Gasteiger partial charge in [-0.25, -0.2) is 0 Å². The van der Waals surface area contributed by atoms with Crippen LogP contribution >= 0.6 is 0 Å². The lowest BCUT2D eigenvalue weighted by Gasteiger charge is -2.10. The zero-order valence-corrected chi connectivity index (χ0v) is 16.3. The average molecular weight is 387 g/mol. The third kappa shape index (κ3) is 6.50. The number of carbonyl (C=O) groups excluding carboxylic acids is 2. The summed E-state index contributed by atoms with van der Waals surface area (Å²) in [6, 6.07) is 12.7. The largest absolute Gasteiger partial charge is 0.497 e. The molecule has 2 rings (SSSR count). The summed E-state index contributed by atoms with van der Waals surface area (Å²) in [7, 11) is 4.73. The van der Waals surface area contributed by atoms with Gasteiger partial charge in [-0.2, -0.15) is 0 Å². The summed E-state index contributed by atoms with van der Waals surface area (Å²) in [5.74, 6) is 1.20. The lowest BCUT2D eigenvalue weighted by molar-refractivity contribution is -0.147. The Labute approximate surface area is 164 Å². The highest BCUT2D eigenvalue weighted by atomic mass is 16.5. The number of ether oxygens (including phenoxy) is 4. The Balaban J connectivity index is 1.70. The van der Waals surface area contributed by atoms with Crippen LogP contribution < -0.4 is 19.5 Å². The van der Waals surface area contributed by atoms with Crippen LogP contribution in [0.4, 0.5) is 0 Å². The Morgan fingerprint density at radius 1 is 0.857 bits per heavy atom. The second-order valence-corrected chi connectivity index (χ2v) is 5.97. The summed E-state index contributed by atoms with van der Waals surface area (Å²) in [6.45, 7) is 0.116. The molecule has 0 aliphatic rings. The maximum absolute atomic E-state index is 11.8. The predicted molar refractivity (Wildman–Crippen MR) is 104 cm³/mol. The Bertz CT molecular complexity index is 788. The summed E-state index contributed by atoms with van der Waals surface area (Å²) >= 11 is 0. The smallest absolute Gasteiger partial charge is 0.310 e. The van der Waals surface area contributed by atoms with Crippen LogP contribution in [-0.2, 0) is 27.2 Å². The van der Waals surface area contributed by atoms with E-state index in [4.69, 9.17) is 18.9 Å². The molecule has 0 atom stereocenters. The summed E-state index contributed by atoms with van der Waals surface area (Å²) in [4.78, 5) is 23.7. The molecule has 1 amide bonds. The standard InChI is InChI=1S/C21H25NO6/c1-25-17-7-4-15(5-8-17)13-21(24)28-14-20(23)22-11-10-16-6-9-18(26-2)19(12-16)27-3/h4-9,12H,10-11,13-14H2,1-3H3,(H,22,23). The number of rotatable bonds is 10. The Morgan fingerprint density at radius 2 is 1.54 bits per heavy atom. The molecule has 0 aromatic heterocycles. The third-order valence-corrected chi connectivity index (χ3v) is 4.06. The van der Waals surface area contributed by atoms with E-state index in [0.29, 0.717) is 30.2 Å². The summed E-state index contributed by atoms with van der Waals surface area (Å²) < 4.78 is 20.5. The predicted octanol–water partition coefficient (Wildman–Crippen LogP) is 2.16. The molecule has 0 aliphatic heterocycles. The molecule has 2 aromatic rings. The number of hydrogen-bond acceptors (Lipinski definition) is 6. The summed E-state index contributed by atoms with van der Waals surface area (Å²) in [6.07, 6.45) is 0.717. The fourth-order valence-electron chi connectivity index (χ4n) is 2.54. The van der Waals surface area contributed by atoms with Gasteiger partial charge < -0.3 is 24.3 Å². The number of benzene rings is 2. The molecule has 0 saturated heterocycles. The Kier molecular flexibility index (Phi) is 8.14. The van der Waals surface area contributed by atoms with Crippen LogP contribution in [-0.4, -0.2) is 46.4 Å². The lowest BCUT2D eigenvalue weighted by Crippen LogP contribution is -2.30. The van der Waals surface area contributed by atoms with E-state index in [1.165, 1.54) is 0 Å². The van der Waals surface area contributed by atoms with Gasteiger partial charge in [0, 0.05) is 6.54 Å². The third-order valence-electron chi connectivity index (χ3n) is 4.06. The highest BCUT2D eigenvalue weighted by Crippen LogP contribution is 2.27. The second-order valence-electron chi connectivity index (χ2n) is 5.97. The van der Waals surface area contributed by atoms with E-state index >= 15 is 0 Å². The van der Waals surface area contributed by atoms with Gasteiger partial charge in [0.2, 0.25) is 0 Å². The van der Waals surface area contributed by atoms with E-state index in [1.807, 2.05) is 18.2 Å². The van der Waals surface area contributed by atoms with E-state index in [1.54, 1.807) is 45.6 Å². The zero-order valence-electron chi connectivity index (χ0n) is 16.3. The van der Waals surface area contributed by atoms with E-state index in [2.05, 4.69) is 5.32 Å². The summed E-state index contributed by atoms with van der Waals surface area (Å²) in [5.41, 5.74) is 1.79. The van der Waals surface area contributed by atoms with Crippen molar-refractivity contribution in [3.8, 4) is 17.2 Å². The van der Waals surface area contributed by atoms with E-state index in [9.17, 15) is 9.59 Å². The maximum Gasteiger partial charge on any atom is 0.310 e. The van der Waals surface area contributed by atoms with Crippen molar-refractivity contribution in [3.63, 3.8) is 0 Å². The van der Waals surface area contributed by atoms with Gasteiger partial charge in [0.25, 0.3) is 5.91 Å². The SMILES string of the molecule is COc1ccc(CC(=O)OCC(=O)NCCc2ccc(OC)c(OC)c2)cc1. The fraction of sp³-hybridized carbons (Fsp3) is 0.333. The van der Waals surface area contributed by atoms with Gasteiger partial charge in [-0.05, 0) is 41.8 Å². The molecule has 0 saturated carbocycles. The molecule has 0 aliphatic carbocycles. The van der Waals surface area contributed by atoms with Gasteiger partial charge in [-0.3, -0.25) is 9.59 Å². The van der Waals surface area contributed by atoms with Gasteiger partial charge in [-0.15, -0.1) is 0 Å². The van der Waals surface area contributed by atoms with Crippen LogP contribution in [0.15, 0.2) is 42.5 Å². The molecular formula is C21H25NO6. The Morgan fingerprint density at radius 3 is 2.18 bits per heavy atom. The van der Waals surface area contributed by atoms with Gasteiger partial charge >= 0.3 is 5.97 Å². The second kappa shape index (κ2) is 10.8. The van der Waals surface area contributed by atoms with Crippen molar-refractivity contribution >= 4 is 11.9 Å². The minimum atomic E-state index is -0.458. The highest BCUT2D eigenvalue weighted by molar-refractivity contribution is 5.81. The Hall–Kier alpha value is -3.22. The first-order valence-electron chi connectivity index (χ1n) is 8.82. The molecule has 0 heterocycles. The first-order valence-corrected chi connectivity index (χ1v) is 8.82. The first-order chi connectivity index (χ1) is 13.5. The lowest BCUT2D eigenvalue weighted by atomic mass is 10.1. The van der Waals surface area contributed by atoms with Gasteiger partial charge in [-0.1, -0.05) is 18.2 Å². The van der Waals surface area contributed by atoms with Crippen LogP contribution in [0.5, 0.6) is 17.2 Å². The minimum absolute atomic E-state index is 0.100.